The van der Waals surface area contributed by atoms with Gasteiger partial charge < -0.3 is 15.6 Å². The fourth-order valence-electron chi connectivity index (χ4n) is 3.71. The number of anilines is 1. The number of fused-ring (bicyclic) bond motifs is 1. The Labute approximate surface area is 150 Å². The maximum atomic E-state index is 12.2. The fraction of sp³-hybridized carbons (Fsp3) is 0.368. The molecule has 0 radical (unpaired) electrons. The molecule has 132 valence electrons. The minimum absolute atomic E-state index is 0.0585. The van der Waals surface area contributed by atoms with Gasteiger partial charge in [0.1, 0.15) is 5.00 Å². The van der Waals surface area contributed by atoms with Gasteiger partial charge in [0, 0.05) is 10.3 Å². The van der Waals surface area contributed by atoms with Gasteiger partial charge >= 0.3 is 11.9 Å². The zero-order valence-electron chi connectivity index (χ0n) is 14.1. The van der Waals surface area contributed by atoms with E-state index in [-0.39, 0.29) is 12.4 Å². The lowest BCUT2D eigenvalue weighted by molar-refractivity contribution is -0.138. The summed E-state index contributed by atoms with van der Waals surface area (Å²) in [5, 5.41) is 9.92. The standard InChI is InChI=1S/C19H21NO4S/c1-2-24-18(23)16-13-8-9-19(11-15(21)22,10-14(13)25-17(16)20)12-6-4-3-5-7-12/h3-7H,2,8-11,20H2,1H3,(H,21,22). The van der Waals surface area contributed by atoms with E-state index < -0.39 is 11.4 Å². The monoisotopic (exact) mass is 359 g/mol. The van der Waals surface area contributed by atoms with Crippen LogP contribution in [0.4, 0.5) is 5.00 Å². The number of carboxylic acids is 1. The van der Waals surface area contributed by atoms with Crippen molar-refractivity contribution >= 4 is 28.3 Å². The van der Waals surface area contributed by atoms with Gasteiger partial charge in [-0.15, -0.1) is 11.3 Å². The van der Waals surface area contributed by atoms with Crippen molar-refractivity contribution in [2.75, 3.05) is 12.3 Å². The van der Waals surface area contributed by atoms with Crippen molar-refractivity contribution in [3.05, 3.63) is 51.9 Å². The lowest BCUT2D eigenvalue weighted by Gasteiger charge is -2.36. The van der Waals surface area contributed by atoms with Gasteiger partial charge in [-0.1, -0.05) is 30.3 Å². The summed E-state index contributed by atoms with van der Waals surface area (Å²) >= 11 is 1.38. The first-order valence-corrected chi connectivity index (χ1v) is 9.13. The van der Waals surface area contributed by atoms with Crippen LogP contribution in [0.25, 0.3) is 0 Å². The normalized spacial score (nSPS) is 19.2. The Balaban J connectivity index is 2.02. The average Bonchev–Trinajstić information content (AvgIpc) is 2.90. The number of hydrogen-bond acceptors (Lipinski definition) is 5. The fourth-order valence-corrected chi connectivity index (χ4v) is 4.96. The van der Waals surface area contributed by atoms with Crippen molar-refractivity contribution in [2.24, 2.45) is 0 Å². The van der Waals surface area contributed by atoms with E-state index in [9.17, 15) is 14.7 Å². The first kappa shape index (κ1) is 17.5. The van der Waals surface area contributed by atoms with Crippen LogP contribution in [-0.2, 0) is 27.8 Å². The third-order valence-corrected chi connectivity index (χ3v) is 5.89. The van der Waals surface area contributed by atoms with Gasteiger partial charge in [0.15, 0.2) is 0 Å². The lowest BCUT2D eigenvalue weighted by Crippen LogP contribution is -2.35. The Kier molecular flexibility index (Phi) is 4.81. The van der Waals surface area contributed by atoms with E-state index >= 15 is 0 Å². The summed E-state index contributed by atoms with van der Waals surface area (Å²) in [6.07, 6.45) is 1.92. The number of nitrogen functional groups attached to an aromatic ring is 1. The van der Waals surface area contributed by atoms with E-state index in [1.54, 1.807) is 6.92 Å². The van der Waals surface area contributed by atoms with Gasteiger partial charge in [0.05, 0.1) is 18.6 Å². The SMILES string of the molecule is CCOC(=O)c1c(N)sc2c1CCC(CC(=O)O)(c1ccccc1)C2. The largest absolute Gasteiger partial charge is 0.481 e. The number of nitrogens with two attached hydrogens (primary N) is 1. The molecule has 0 spiro atoms. The Morgan fingerprint density at radius 2 is 2.04 bits per heavy atom. The van der Waals surface area contributed by atoms with Crippen LogP contribution in [0.1, 0.15) is 46.1 Å². The molecule has 0 saturated carbocycles. The Morgan fingerprint density at radius 3 is 2.68 bits per heavy atom. The zero-order valence-corrected chi connectivity index (χ0v) is 14.9. The highest BCUT2D eigenvalue weighted by Crippen LogP contribution is 2.46. The topological polar surface area (TPSA) is 89.6 Å². The molecule has 1 unspecified atom stereocenters. The number of aliphatic carboxylic acids is 1. The van der Waals surface area contributed by atoms with Crippen molar-refractivity contribution in [3.8, 4) is 0 Å². The molecular weight excluding hydrogens is 338 g/mol. The minimum Gasteiger partial charge on any atom is -0.481 e. The Hall–Kier alpha value is -2.34. The molecule has 1 aliphatic carbocycles. The summed E-state index contributed by atoms with van der Waals surface area (Å²) in [5.74, 6) is -1.20. The number of rotatable bonds is 5. The average molecular weight is 359 g/mol. The molecule has 1 heterocycles. The summed E-state index contributed by atoms with van der Waals surface area (Å²) in [4.78, 5) is 24.7. The highest BCUT2D eigenvalue weighted by molar-refractivity contribution is 7.16. The lowest BCUT2D eigenvalue weighted by atomic mass is 9.67. The molecule has 5 nitrogen and oxygen atoms in total. The Bertz CT molecular complexity index is 799. The van der Waals surface area contributed by atoms with Gasteiger partial charge in [0.25, 0.3) is 0 Å². The van der Waals surface area contributed by atoms with Crippen LogP contribution in [0.2, 0.25) is 0 Å². The third-order valence-electron chi connectivity index (χ3n) is 4.83. The molecule has 25 heavy (non-hydrogen) atoms. The number of hydrogen-bond donors (Lipinski definition) is 2. The maximum Gasteiger partial charge on any atom is 0.341 e. The van der Waals surface area contributed by atoms with Gasteiger partial charge in [-0.3, -0.25) is 4.79 Å². The molecule has 1 aromatic carbocycles. The number of carbonyl (C=O) groups is 2. The van der Waals surface area contributed by atoms with Crippen LogP contribution in [-0.4, -0.2) is 23.7 Å². The number of carbonyl (C=O) groups excluding carboxylic acids is 1. The summed E-state index contributed by atoms with van der Waals surface area (Å²) in [6.45, 7) is 2.07. The molecule has 3 N–H and O–H groups in total. The van der Waals surface area contributed by atoms with E-state index in [0.29, 0.717) is 36.4 Å². The van der Waals surface area contributed by atoms with Crippen LogP contribution >= 0.6 is 11.3 Å². The Morgan fingerprint density at radius 1 is 1.32 bits per heavy atom. The molecule has 0 fully saturated rings. The van der Waals surface area contributed by atoms with E-state index in [4.69, 9.17) is 10.5 Å². The summed E-state index contributed by atoms with van der Waals surface area (Å²) < 4.78 is 5.13. The molecule has 2 aromatic rings. The quantitative estimate of drug-likeness (QED) is 0.799. The number of ether oxygens (including phenoxy) is 1. The molecule has 1 aliphatic rings. The van der Waals surface area contributed by atoms with E-state index in [0.717, 1.165) is 16.0 Å². The van der Waals surface area contributed by atoms with E-state index in [1.165, 1.54) is 11.3 Å². The minimum atomic E-state index is -0.817. The van der Waals surface area contributed by atoms with Gasteiger partial charge in [0.2, 0.25) is 0 Å². The number of benzene rings is 1. The number of thiophene rings is 1. The number of esters is 1. The second kappa shape index (κ2) is 6.88. The van der Waals surface area contributed by atoms with Crippen molar-refractivity contribution in [1.82, 2.24) is 0 Å². The first-order valence-electron chi connectivity index (χ1n) is 8.31. The third kappa shape index (κ3) is 3.26. The second-order valence-corrected chi connectivity index (χ2v) is 7.49. The molecule has 0 saturated heterocycles. The second-order valence-electron chi connectivity index (χ2n) is 6.36. The van der Waals surface area contributed by atoms with Crippen LogP contribution in [0.5, 0.6) is 0 Å². The molecular formula is C19H21NO4S. The summed E-state index contributed by atoms with van der Waals surface area (Å²) in [6, 6.07) is 9.76. The van der Waals surface area contributed by atoms with Gasteiger partial charge in [-0.25, -0.2) is 4.79 Å². The van der Waals surface area contributed by atoms with Crippen LogP contribution in [0.15, 0.2) is 30.3 Å². The van der Waals surface area contributed by atoms with Crippen LogP contribution in [0.3, 0.4) is 0 Å². The van der Waals surface area contributed by atoms with Crippen molar-refractivity contribution in [2.45, 2.75) is 38.0 Å². The predicted octanol–water partition coefficient (Wildman–Crippen LogP) is 3.41. The highest BCUT2D eigenvalue weighted by atomic mass is 32.1. The van der Waals surface area contributed by atoms with E-state index in [2.05, 4.69) is 0 Å². The molecule has 1 atom stereocenters. The van der Waals surface area contributed by atoms with Crippen molar-refractivity contribution in [3.63, 3.8) is 0 Å². The molecule has 0 aliphatic heterocycles. The molecule has 3 rings (SSSR count). The zero-order chi connectivity index (χ0) is 18.0. The van der Waals surface area contributed by atoms with E-state index in [1.807, 2.05) is 30.3 Å². The molecule has 0 bridgehead atoms. The maximum absolute atomic E-state index is 12.2. The van der Waals surface area contributed by atoms with Gasteiger partial charge in [-0.2, -0.15) is 0 Å². The smallest absolute Gasteiger partial charge is 0.341 e. The molecule has 1 aromatic heterocycles. The molecule has 6 heteroatoms. The summed E-state index contributed by atoms with van der Waals surface area (Å²) in [7, 11) is 0. The molecule has 0 amide bonds. The van der Waals surface area contributed by atoms with Crippen LogP contribution < -0.4 is 5.73 Å². The first-order chi connectivity index (χ1) is 12.0. The predicted molar refractivity (Wildman–Crippen MR) is 97.1 cm³/mol. The van der Waals surface area contributed by atoms with Crippen LogP contribution in [0, 0.1) is 0 Å². The van der Waals surface area contributed by atoms with Crippen molar-refractivity contribution in [1.29, 1.82) is 0 Å². The van der Waals surface area contributed by atoms with Gasteiger partial charge in [-0.05, 0) is 37.3 Å². The highest BCUT2D eigenvalue weighted by Gasteiger charge is 2.41. The van der Waals surface area contributed by atoms with Crippen molar-refractivity contribution < 1.29 is 19.4 Å². The summed E-state index contributed by atoms with van der Waals surface area (Å²) in [5.41, 5.74) is 8.03. The number of carboxylic acid groups (broad SMARTS) is 1.